The Morgan fingerprint density at radius 3 is 2.75 bits per heavy atom. The van der Waals surface area contributed by atoms with Gasteiger partial charge in [-0.05, 0) is 50.3 Å². The minimum atomic E-state index is 0.247. The molecule has 1 N–H and O–H groups in total. The summed E-state index contributed by atoms with van der Waals surface area (Å²) >= 11 is 0. The standard InChI is InChI=1S/C22H30N4O2/c1-3-28-20-8-5-17(6-9-20)10-22(27)26-12-18-4-7-19(26)13-25(11-18)14-21-16(2)23-15-24-21/h5-6,8-9,15,18-19H,3-4,7,10-14H2,1-2H3,(H,23,24). The summed E-state index contributed by atoms with van der Waals surface area (Å²) in [6, 6.07) is 8.23. The number of carbonyl (C=O) groups excluding carboxylic acids is 1. The highest BCUT2D eigenvalue weighted by Crippen LogP contribution is 2.29. The van der Waals surface area contributed by atoms with Crippen molar-refractivity contribution in [1.82, 2.24) is 19.8 Å². The predicted octanol–water partition coefficient (Wildman–Crippen LogP) is 2.78. The third kappa shape index (κ3) is 4.22. The molecule has 0 aliphatic carbocycles. The van der Waals surface area contributed by atoms with Crippen LogP contribution in [0.5, 0.6) is 5.75 Å². The Morgan fingerprint density at radius 1 is 1.21 bits per heavy atom. The van der Waals surface area contributed by atoms with Crippen LogP contribution in [0.3, 0.4) is 0 Å². The SMILES string of the molecule is CCOc1ccc(CC(=O)N2CC3CCC2CN(Cc2nc[nH]c2C)C3)cc1. The summed E-state index contributed by atoms with van der Waals surface area (Å²) in [5.74, 6) is 1.66. The number of fused-ring (bicyclic) bond motifs is 4. The molecular formula is C22H30N4O2. The lowest BCUT2D eigenvalue weighted by Crippen LogP contribution is -2.48. The summed E-state index contributed by atoms with van der Waals surface area (Å²) in [4.78, 5) is 25.3. The van der Waals surface area contributed by atoms with Gasteiger partial charge in [0, 0.05) is 37.9 Å². The molecule has 3 aliphatic heterocycles. The van der Waals surface area contributed by atoms with Gasteiger partial charge in [-0.2, -0.15) is 0 Å². The van der Waals surface area contributed by atoms with Crippen LogP contribution in [-0.2, 0) is 17.8 Å². The number of benzene rings is 1. The summed E-state index contributed by atoms with van der Waals surface area (Å²) in [6.45, 7) is 8.45. The maximum atomic E-state index is 13.1. The van der Waals surface area contributed by atoms with E-state index < -0.39 is 0 Å². The second-order valence-electron chi connectivity index (χ2n) is 8.07. The number of hydrogen-bond donors (Lipinski definition) is 1. The lowest BCUT2D eigenvalue weighted by atomic mass is 9.94. The molecule has 4 heterocycles. The molecule has 1 aromatic carbocycles. The van der Waals surface area contributed by atoms with Gasteiger partial charge in [-0.25, -0.2) is 4.98 Å². The first-order valence-electron chi connectivity index (χ1n) is 10.3. The number of nitrogens with zero attached hydrogens (tertiary/aromatic N) is 3. The number of ether oxygens (including phenoxy) is 1. The van der Waals surface area contributed by atoms with Crippen molar-refractivity contribution < 1.29 is 9.53 Å². The fraction of sp³-hybridized carbons (Fsp3) is 0.545. The van der Waals surface area contributed by atoms with Gasteiger partial charge >= 0.3 is 0 Å². The van der Waals surface area contributed by atoms with E-state index in [0.29, 0.717) is 25.0 Å². The molecule has 0 saturated carbocycles. The van der Waals surface area contributed by atoms with Crippen molar-refractivity contribution in [3.63, 3.8) is 0 Å². The number of rotatable bonds is 6. The van der Waals surface area contributed by atoms with Crippen LogP contribution in [0.25, 0.3) is 0 Å². The molecule has 150 valence electrons. The first-order chi connectivity index (χ1) is 13.6. The highest BCUT2D eigenvalue weighted by atomic mass is 16.5. The number of aromatic nitrogens is 2. The van der Waals surface area contributed by atoms with E-state index in [1.807, 2.05) is 31.2 Å². The van der Waals surface area contributed by atoms with Crippen LogP contribution in [0.4, 0.5) is 0 Å². The van der Waals surface area contributed by atoms with Gasteiger partial charge in [-0.1, -0.05) is 12.1 Å². The van der Waals surface area contributed by atoms with Gasteiger partial charge in [0.1, 0.15) is 5.75 Å². The Bertz CT molecular complexity index is 801. The van der Waals surface area contributed by atoms with Crippen molar-refractivity contribution in [3.8, 4) is 5.75 Å². The largest absolute Gasteiger partial charge is 0.494 e. The smallest absolute Gasteiger partial charge is 0.227 e. The number of hydrogen-bond acceptors (Lipinski definition) is 4. The molecule has 6 nitrogen and oxygen atoms in total. The summed E-state index contributed by atoms with van der Waals surface area (Å²) in [5, 5.41) is 0. The van der Waals surface area contributed by atoms with E-state index in [4.69, 9.17) is 4.74 Å². The van der Waals surface area contributed by atoms with Gasteiger partial charge in [0.05, 0.1) is 25.0 Å². The zero-order valence-corrected chi connectivity index (χ0v) is 16.9. The Balaban J connectivity index is 1.40. The molecule has 5 rings (SSSR count). The van der Waals surface area contributed by atoms with Gasteiger partial charge in [-0.15, -0.1) is 0 Å². The van der Waals surface area contributed by atoms with Gasteiger partial charge < -0.3 is 14.6 Å². The Labute approximate surface area is 166 Å². The monoisotopic (exact) mass is 382 g/mol. The van der Waals surface area contributed by atoms with E-state index in [1.54, 1.807) is 6.33 Å². The molecule has 3 fully saturated rings. The summed E-state index contributed by atoms with van der Waals surface area (Å²) < 4.78 is 5.49. The molecule has 6 heteroatoms. The number of aromatic amines is 1. The van der Waals surface area contributed by atoms with Crippen molar-refractivity contribution >= 4 is 5.91 Å². The molecule has 2 bridgehead atoms. The number of H-pyrrole nitrogens is 1. The minimum absolute atomic E-state index is 0.247. The van der Waals surface area contributed by atoms with Crippen LogP contribution in [-0.4, -0.2) is 58.0 Å². The molecule has 3 saturated heterocycles. The second kappa shape index (κ2) is 8.35. The van der Waals surface area contributed by atoms with Crippen molar-refractivity contribution in [2.75, 3.05) is 26.2 Å². The summed E-state index contributed by atoms with van der Waals surface area (Å²) in [6.07, 6.45) is 4.56. The number of nitrogens with one attached hydrogen (secondary N) is 1. The Morgan fingerprint density at radius 2 is 2.04 bits per heavy atom. The normalized spacial score (nSPS) is 22.3. The maximum absolute atomic E-state index is 13.1. The second-order valence-corrected chi connectivity index (χ2v) is 8.07. The molecule has 28 heavy (non-hydrogen) atoms. The Hall–Kier alpha value is -2.34. The van der Waals surface area contributed by atoms with Crippen LogP contribution < -0.4 is 4.74 Å². The number of amides is 1. The van der Waals surface area contributed by atoms with E-state index in [-0.39, 0.29) is 5.91 Å². The topological polar surface area (TPSA) is 61.5 Å². The summed E-state index contributed by atoms with van der Waals surface area (Å²) in [5.41, 5.74) is 3.31. The number of carbonyl (C=O) groups is 1. The van der Waals surface area contributed by atoms with E-state index in [0.717, 1.165) is 55.3 Å². The van der Waals surface area contributed by atoms with Crippen LogP contribution >= 0.6 is 0 Å². The Kier molecular flexibility index (Phi) is 5.67. The third-order valence-corrected chi connectivity index (χ3v) is 6.01. The van der Waals surface area contributed by atoms with Gasteiger partial charge in [0.15, 0.2) is 0 Å². The fourth-order valence-electron chi connectivity index (χ4n) is 4.52. The highest BCUT2D eigenvalue weighted by Gasteiger charge is 2.37. The number of aryl methyl sites for hydroxylation is 1. The molecule has 3 aliphatic rings. The van der Waals surface area contributed by atoms with E-state index >= 15 is 0 Å². The van der Waals surface area contributed by atoms with Gasteiger partial charge in [0.25, 0.3) is 0 Å². The van der Waals surface area contributed by atoms with Gasteiger partial charge in [0.2, 0.25) is 5.91 Å². The van der Waals surface area contributed by atoms with E-state index in [9.17, 15) is 4.79 Å². The predicted molar refractivity (Wildman–Crippen MR) is 108 cm³/mol. The number of piperidine rings is 1. The first-order valence-corrected chi connectivity index (χ1v) is 10.3. The fourth-order valence-corrected chi connectivity index (χ4v) is 4.52. The van der Waals surface area contributed by atoms with E-state index in [2.05, 4.69) is 26.7 Å². The highest BCUT2D eigenvalue weighted by molar-refractivity contribution is 5.79. The third-order valence-electron chi connectivity index (χ3n) is 6.01. The van der Waals surface area contributed by atoms with Crippen LogP contribution in [0, 0.1) is 12.8 Å². The molecule has 2 aromatic rings. The van der Waals surface area contributed by atoms with Crippen molar-refractivity contribution in [3.05, 3.63) is 47.5 Å². The van der Waals surface area contributed by atoms with Crippen molar-refractivity contribution in [2.45, 2.75) is 45.7 Å². The van der Waals surface area contributed by atoms with Gasteiger partial charge in [-0.3, -0.25) is 9.69 Å². The molecule has 0 radical (unpaired) electrons. The molecule has 0 spiro atoms. The lowest BCUT2D eigenvalue weighted by Gasteiger charge is -2.36. The average Bonchev–Trinajstić information content (AvgIpc) is 2.90. The molecule has 1 aromatic heterocycles. The quantitative estimate of drug-likeness (QED) is 0.835. The molecule has 2 atom stereocenters. The summed E-state index contributed by atoms with van der Waals surface area (Å²) in [7, 11) is 0. The zero-order valence-electron chi connectivity index (χ0n) is 16.9. The van der Waals surface area contributed by atoms with Crippen molar-refractivity contribution in [2.24, 2.45) is 5.92 Å². The lowest BCUT2D eigenvalue weighted by molar-refractivity contribution is -0.134. The maximum Gasteiger partial charge on any atom is 0.227 e. The number of imidazole rings is 1. The van der Waals surface area contributed by atoms with Crippen LogP contribution in [0.2, 0.25) is 0 Å². The molecular weight excluding hydrogens is 352 g/mol. The minimum Gasteiger partial charge on any atom is -0.494 e. The van der Waals surface area contributed by atoms with E-state index in [1.165, 1.54) is 6.42 Å². The van der Waals surface area contributed by atoms with Crippen LogP contribution in [0.1, 0.15) is 36.7 Å². The first kappa shape index (κ1) is 19.0. The zero-order chi connectivity index (χ0) is 19.5. The average molecular weight is 383 g/mol. The van der Waals surface area contributed by atoms with Crippen molar-refractivity contribution in [1.29, 1.82) is 0 Å². The van der Waals surface area contributed by atoms with Crippen LogP contribution in [0.15, 0.2) is 30.6 Å². The molecule has 1 amide bonds. The molecule has 2 unspecified atom stereocenters.